The highest BCUT2D eigenvalue weighted by Crippen LogP contribution is 2.32. The summed E-state index contributed by atoms with van der Waals surface area (Å²) in [7, 11) is -4.19. The molecule has 0 fully saturated rings. The number of nitrogens with one attached hydrogen (secondary N) is 1. The summed E-state index contributed by atoms with van der Waals surface area (Å²) in [5.41, 5.74) is 0. The minimum atomic E-state index is -4.19. The highest BCUT2D eigenvalue weighted by atomic mass is 31.2. The maximum absolute atomic E-state index is 10.1. The van der Waals surface area contributed by atoms with Gasteiger partial charge in [-0.1, -0.05) is 0 Å². The summed E-state index contributed by atoms with van der Waals surface area (Å²) >= 11 is 0. The molecule has 0 aromatic heterocycles. The smallest absolute Gasteiger partial charge is 0.339 e. The van der Waals surface area contributed by atoms with Gasteiger partial charge in [-0.2, -0.15) is 0 Å². The van der Waals surface area contributed by atoms with Crippen molar-refractivity contribution >= 4 is 7.60 Å². The van der Waals surface area contributed by atoms with E-state index >= 15 is 0 Å². The van der Waals surface area contributed by atoms with Crippen LogP contribution in [0.15, 0.2) is 0 Å². The summed E-state index contributed by atoms with van der Waals surface area (Å²) in [6.45, 7) is 0.961. The van der Waals surface area contributed by atoms with Gasteiger partial charge >= 0.3 is 7.60 Å². The van der Waals surface area contributed by atoms with Crippen molar-refractivity contribution in [2.75, 3.05) is 6.29 Å². The highest BCUT2D eigenvalue weighted by molar-refractivity contribution is 7.51. The summed E-state index contributed by atoms with van der Waals surface area (Å²) < 4.78 is 10.1. The van der Waals surface area contributed by atoms with Crippen LogP contribution in [-0.2, 0) is 4.57 Å². The van der Waals surface area contributed by atoms with E-state index in [-0.39, 0.29) is 0 Å². The van der Waals surface area contributed by atoms with Crippen molar-refractivity contribution in [3.8, 4) is 0 Å². The number of aliphatic hydroxyl groups is 2. The van der Waals surface area contributed by atoms with Gasteiger partial charge in [0.05, 0.1) is 0 Å². The zero-order valence-corrected chi connectivity index (χ0v) is 6.25. The Morgan fingerprint density at radius 3 is 2.00 bits per heavy atom. The lowest BCUT2D eigenvalue weighted by molar-refractivity contribution is -0.166. The van der Waals surface area contributed by atoms with Gasteiger partial charge in [0.25, 0.3) is 0 Å². The summed E-state index contributed by atoms with van der Waals surface area (Å²) in [4.78, 5) is 16.4. The van der Waals surface area contributed by atoms with Crippen LogP contribution in [0.1, 0.15) is 6.92 Å². The topological polar surface area (TPSA) is 110 Å². The Labute approximate surface area is 57.7 Å². The first-order valence-electron chi connectivity index (χ1n) is 2.45. The van der Waals surface area contributed by atoms with Crippen molar-refractivity contribution in [1.29, 1.82) is 0 Å². The van der Waals surface area contributed by atoms with Crippen LogP contribution in [0.5, 0.6) is 0 Å². The van der Waals surface area contributed by atoms with Crippen LogP contribution in [-0.4, -0.2) is 32.2 Å². The van der Waals surface area contributed by atoms with Crippen LogP contribution in [0.2, 0.25) is 0 Å². The molecule has 62 valence electrons. The standard InChI is InChI=1S/C3H10NO5P/c1-3(5,6)4-2-10(7,8)9/h4-6H,2H2,1H3,(H2,7,8,9). The lowest BCUT2D eigenvalue weighted by Gasteiger charge is -2.17. The molecule has 0 aliphatic rings. The van der Waals surface area contributed by atoms with Crippen LogP contribution in [0.25, 0.3) is 0 Å². The van der Waals surface area contributed by atoms with Gasteiger partial charge in [0.2, 0.25) is 5.91 Å². The number of rotatable bonds is 3. The molecule has 5 N–H and O–H groups in total. The summed E-state index contributed by atoms with van der Waals surface area (Å²) in [6, 6.07) is 0. The molecule has 0 bridgehead atoms. The SMILES string of the molecule is CC(O)(O)NCP(=O)(O)O. The third kappa shape index (κ3) is 8.03. The maximum Gasteiger partial charge on any atom is 0.339 e. The average Bonchev–Trinajstić information content (AvgIpc) is 1.57. The highest BCUT2D eigenvalue weighted by Gasteiger charge is 2.20. The first-order chi connectivity index (χ1) is 4.21. The lowest BCUT2D eigenvalue weighted by atomic mass is 10.6. The Bertz CT molecular complexity index is 145. The second-order valence-corrected chi connectivity index (χ2v) is 3.67. The maximum atomic E-state index is 10.1. The molecular formula is C3H10NO5P. The van der Waals surface area contributed by atoms with Crippen molar-refractivity contribution in [2.24, 2.45) is 0 Å². The van der Waals surface area contributed by atoms with E-state index in [1.165, 1.54) is 0 Å². The molecule has 0 rings (SSSR count). The van der Waals surface area contributed by atoms with Gasteiger partial charge in [-0.05, 0) is 0 Å². The van der Waals surface area contributed by atoms with Crippen molar-refractivity contribution < 1.29 is 24.6 Å². The van der Waals surface area contributed by atoms with Gasteiger partial charge in [-0.15, -0.1) is 0 Å². The minimum absolute atomic E-state index is 0.753. The van der Waals surface area contributed by atoms with E-state index in [4.69, 9.17) is 20.0 Å². The van der Waals surface area contributed by atoms with Gasteiger partial charge in [0.1, 0.15) is 6.29 Å². The average molecular weight is 171 g/mol. The van der Waals surface area contributed by atoms with E-state index < -0.39 is 19.8 Å². The summed E-state index contributed by atoms with van der Waals surface area (Å²) in [5, 5.41) is 18.8. The van der Waals surface area contributed by atoms with Crippen molar-refractivity contribution in [3.63, 3.8) is 0 Å². The molecule has 0 saturated carbocycles. The van der Waals surface area contributed by atoms with Crippen LogP contribution in [0, 0.1) is 0 Å². The van der Waals surface area contributed by atoms with Crippen molar-refractivity contribution in [2.45, 2.75) is 12.8 Å². The zero-order valence-electron chi connectivity index (χ0n) is 5.35. The predicted octanol–water partition coefficient (Wildman–Crippen LogP) is -1.63. The van der Waals surface area contributed by atoms with E-state index in [1.807, 2.05) is 5.32 Å². The first kappa shape index (κ1) is 10.0. The third-order valence-electron chi connectivity index (χ3n) is 0.620. The Morgan fingerprint density at radius 1 is 1.50 bits per heavy atom. The quantitative estimate of drug-likeness (QED) is 0.257. The van der Waals surface area contributed by atoms with Gasteiger partial charge in [-0.25, -0.2) is 0 Å². The molecule has 0 saturated heterocycles. The fraction of sp³-hybridized carbons (Fsp3) is 1.00. The monoisotopic (exact) mass is 171 g/mol. The molecule has 10 heavy (non-hydrogen) atoms. The fourth-order valence-electron chi connectivity index (χ4n) is 0.253. The van der Waals surface area contributed by atoms with Gasteiger partial charge in [0, 0.05) is 6.92 Å². The van der Waals surface area contributed by atoms with E-state index in [1.54, 1.807) is 0 Å². The normalized spacial score (nSPS) is 13.7. The van der Waals surface area contributed by atoms with Gasteiger partial charge < -0.3 is 20.0 Å². The Balaban J connectivity index is 3.67. The molecule has 0 heterocycles. The molecule has 0 aliphatic carbocycles. The summed E-state index contributed by atoms with van der Waals surface area (Å²) in [5.74, 6) is -2.24. The second kappa shape index (κ2) is 2.96. The Kier molecular flexibility index (Phi) is 2.97. The second-order valence-electron chi connectivity index (χ2n) is 2.02. The molecule has 0 aliphatic heterocycles. The van der Waals surface area contributed by atoms with Crippen LogP contribution >= 0.6 is 7.60 Å². The molecule has 0 aromatic carbocycles. The molecular weight excluding hydrogens is 161 g/mol. The molecule has 0 atom stereocenters. The van der Waals surface area contributed by atoms with Crippen LogP contribution < -0.4 is 5.32 Å². The molecule has 0 spiro atoms. The largest absolute Gasteiger partial charge is 0.354 e. The third-order valence-corrected chi connectivity index (χ3v) is 1.19. The van der Waals surface area contributed by atoms with E-state index in [0.717, 1.165) is 6.92 Å². The molecule has 6 nitrogen and oxygen atoms in total. The molecule has 7 heteroatoms. The zero-order chi connectivity index (χ0) is 8.41. The minimum Gasteiger partial charge on any atom is -0.354 e. The molecule has 0 unspecified atom stereocenters. The molecule has 0 amide bonds. The number of hydrogen-bond acceptors (Lipinski definition) is 4. The Hall–Kier alpha value is 0.0300. The van der Waals surface area contributed by atoms with Crippen LogP contribution in [0.4, 0.5) is 0 Å². The molecule has 0 aromatic rings. The van der Waals surface area contributed by atoms with E-state index in [0.29, 0.717) is 0 Å². The fourth-order valence-corrected chi connectivity index (χ4v) is 0.758. The molecule has 0 radical (unpaired) electrons. The van der Waals surface area contributed by atoms with Gasteiger partial charge in [-0.3, -0.25) is 9.88 Å². The van der Waals surface area contributed by atoms with Crippen molar-refractivity contribution in [1.82, 2.24) is 5.32 Å². The van der Waals surface area contributed by atoms with E-state index in [9.17, 15) is 4.57 Å². The van der Waals surface area contributed by atoms with E-state index in [2.05, 4.69) is 0 Å². The lowest BCUT2D eigenvalue weighted by Crippen LogP contribution is -2.42. The van der Waals surface area contributed by atoms with Crippen LogP contribution in [0.3, 0.4) is 0 Å². The van der Waals surface area contributed by atoms with Gasteiger partial charge in [0.15, 0.2) is 0 Å². The van der Waals surface area contributed by atoms with Crippen molar-refractivity contribution in [3.05, 3.63) is 0 Å². The number of hydrogen-bond donors (Lipinski definition) is 5. The Morgan fingerprint density at radius 2 is 1.90 bits per heavy atom. The first-order valence-corrected chi connectivity index (χ1v) is 4.25. The predicted molar refractivity (Wildman–Crippen MR) is 32.9 cm³/mol. The summed E-state index contributed by atoms with van der Waals surface area (Å²) in [6.07, 6.45) is -0.753.